The molecule has 1 aliphatic rings. The van der Waals surface area contributed by atoms with E-state index in [1.807, 2.05) is 0 Å². The molecule has 1 aromatic carbocycles. The van der Waals surface area contributed by atoms with Crippen molar-refractivity contribution in [3.05, 3.63) is 23.8 Å². The summed E-state index contributed by atoms with van der Waals surface area (Å²) in [7, 11) is 1.52. The topological polar surface area (TPSA) is 98.6 Å². The maximum absolute atomic E-state index is 12.5. The molecule has 0 saturated carbocycles. The number of benzene rings is 1. The molecule has 1 saturated heterocycles. The molecule has 0 radical (unpaired) electrons. The normalized spacial score (nSPS) is 15.8. The molecule has 0 spiro atoms. The number of methoxy groups -OCH3 is 1. The number of likely N-dealkylation sites (tertiary alicyclic amines) is 1. The number of para-hydroxylation sites is 1. The third-order valence-corrected chi connectivity index (χ3v) is 3.91. The Bertz CT molecular complexity index is 537. The van der Waals surface area contributed by atoms with E-state index in [4.69, 9.17) is 16.2 Å². The average molecular weight is 291 g/mol. The highest BCUT2D eigenvalue weighted by atomic mass is 16.5. The van der Waals surface area contributed by atoms with Gasteiger partial charge in [0.2, 0.25) is 5.91 Å². The summed E-state index contributed by atoms with van der Waals surface area (Å²) in [5, 5.41) is 0. The summed E-state index contributed by atoms with van der Waals surface area (Å²) in [6.45, 7) is 1.24. The van der Waals surface area contributed by atoms with Crippen molar-refractivity contribution in [3.8, 4) is 5.75 Å². The fourth-order valence-corrected chi connectivity index (χ4v) is 2.70. The third-order valence-electron chi connectivity index (χ3n) is 3.91. The van der Waals surface area contributed by atoms with Crippen LogP contribution in [0.5, 0.6) is 5.75 Å². The Morgan fingerprint density at radius 3 is 2.57 bits per heavy atom. The van der Waals surface area contributed by atoms with Crippen LogP contribution in [0.3, 0.4) is 0 Å². The van der Waals surface area contributed by atoms with Crippen LogP contribution in [-0.2, 0) is 4.79 Å². The Labute approximate surface area is 124 Å². The lowest BCUT2D eigenvalue weighted by atomic mass is 9.93. The first-order chi connectivity index (χ1) is 10.0. The first-order valence-corrected chi connectivity index (χ1v) is 7.03. The van der Waals surface area contributed by atoms with Crippen molar-refractivity contribution in [1.82, 2.24) is 4.90 Å². The van der Waals surface area contributed by atoms with Gasteiger partial charge in [-0.3, -0.25) is 9.59 Å². The first kappa shape index (κ1) is 15.2. The van der Waals surface area contributed by atoms with Crippen molar-refractivity contribution < 1.29 is 14.3 Å². The smallest absolute Gasteiger partial charge is 0.256 e. The number of nitrogen functional groups attached to an aromatic ring is 1. The second-order valence-electron chi connectivity index (χ2n) is 5.33. The summed E-state index contributed by atoms with van der Waals surface area (Å²) in [6, 6.07) is 5.18. The summed E-state index contributed by atoms with van der Waals surface area (Å²) in [4.78, 5) is 25.2. The Hall–Kier alpha value is -2.24. The van der Waals surface area contributed by atoms with Crippen LogP contribution >= 0.6 is 0 Å². The molecule has 1 fully saturated rings. The molecular formula is C15H21N3O3. The van der Waals surface area contributed by atoms with Crippen molar-refractivity contribution in [1.29, 1.82) is 0 Å². The summed E-state index contributed by atoms with van der Waals surface area (Å²) < 4.78 is 5.14. The number of amides is 2. The van der Waals surface area contributed by atoms with Crippen LogP contribution in [0.25, 0.3) is 0 Å². The minimum atomic E-state index is -0.281. The highest BCUT2D eigenvalue weighted by Gasteiger charge is 2.26. The van der Waals surface area contributed by atoms with Gasteiger partial charge in [-0.25, -0.2) is 0 Å². The summed E-state index contributed by atoms with van der Waals surface area (Å²) >= 11 is 0. The molecular weight excluding hydrogens is 270 g/mol. The number of hydrogen-bond donors (Lipinski definition) is 2. The quantitative estimate of drug-likeness (QED) is 0.809. The Kier molecular flexibility index (Phi) is 4.67. The summed E-state index contributed by atoms with van der Waals surface area (Å²) in [6.07, 6.45) is 1.97. The van der Waals surface area contributed by atoms with Gasteiger partial charge in [0.15, 0.2) is 0 Å². The number of primary amides is 1. The fourth-order valence-electron chi connectivity index (χ4n) is 2.70. The van der Waals surface area contributed by atoms with E-state index in [0.29, 0.717) is 36.5 Å². The number of ether oxygens (including phenoxy) is 1. The van der Waals surface area contributed by atoms with E-state index in [9.17, 15) is 9.59 Å². The number of hydrogen-bond acceptors (Lipinski definition) is 4. The maximum Gasteiger partial charge on any atom is 0.256 e. The van der Waals surface area contributed by atoms with E-state index in [2.05, 4.69) is 0 Å². The molecule has 6 heteroatoms. The number of nitrogens with zero attached hydrogens (tertiary/aromatic N) is 1. The van der Waals surface area contributed by atoms with Crippen molar-refractivity contribution in [3.63, 3.8) is 0 Å². The van der Waals surface area contributed by atoms with E-state index >= 15 is 0 Å². The average Bonchev–Trinajstić information content (AvgIpc) is 2.47. The van der Waals surface area contributed by atoms with Gasteiger partial charge in [-0.05, 0) is 30.9 Å². The summed E-state index contributed by atoms with van der Waals surface area (Å²) in [5.41, 5.74) is 12.0. The number of carbonyl (C=O) groups is 2. The van der Waals surface area contributed by atoms with Gasteiger partial charge in [0.1, 0.15) is 5.75 Å². The molecule has 0 aliphatic carbocycles. The molecule has 0 bridgehead atoms. The molecule has 1 heterocycles. The fraction of sp³-hybridized carbons (Fsp3) is 0.467. The monoisotopic (exact) mass is 291 g/mol. The number of anilines is 1. The van der Waals surface area contributed by atoms with Gasteiger partial charge in [0, 0.05) is 19.5 Å². The molecule has 4 N–H and O–H groups in total. The SMILES string of the molecule is COc1cccc(C(=O)N2CCC(CC(N)=O)CC2)c1N. The van der Waals surface area contributed by atoms with E-state index in [0.717, 1.165) is 12.8 Å². The maximum atomic E-state index is 12.5. The lowest BCUT2D eigenvalue weighted by Gasteiger charge is -2.32. The highest BCUT2D eigenvalue weighted by Crippen LogP contribution is 2.28. The lowest BCUT2D eigenvalue weighted by Crippen LogP contribution is -2.39. The van der Waals surface area contributed by atoms with Crippen molar-refractivity contribution >= 4 is 17.5 Å². The molecule has 2 amide bonds. The number of carbonyl (C=O) groups excluding carboxylic acids is 2. The van der Waals surface area contributed by atoms with Gasteiger partial charge in [-0.1, -0.05) is 6.07 Å². The summed E-state index contributed by atoms with van der Waals surface area (Å²) in [5.74, 6) is 0.402. The largest absolute Gasteiger partial charge is 0.495 e. The molecule has 0 atom stereocenters. The Morgan fingerprint density at radius 1 is 1.33 bits per heavy atom. The van der Waals surface area contributed by atoms with Crippen LogP contribution in [0.2, 0.25) is 0 Å². The third kappa shape index (κ3) is 3.45. The molecule has 21 heavy (non-hydrogen) atoms. The van der Waals surface area contributed by atoms with Gasteiger partial charge in [-0.15, -0.1) is 0 Å². The van der Waals surface area contributed by atoms with Gasteiger partial charge >= 0.3 is 0 Å². The van der Waals surface area contributed by atoms with E-state index in [1.165, 1.54) is 7.11 Å². The first-order valence-electron chi connectivity index (χ1n) is 7.03. The lowest BCUT2D eigenvalue weighted by molar-refractivity contribution is -0.119. The van der Waals surface area contributed by atoms with Crippen LogP contribution in [-0.4, -0.2) is 36.9 Å². The van der Waals surface area contributed by atoms with Crippen LogP contribution < -0.4 is 16.2 Å². The minimum absolute atomic E-state index is 0.0936. The van der Waals surface area contributed by atoms with Gasteiger partial charge in [-0.2, -0.15) is 0 Å². The number of piperidine rings is 1. The molecule has 1 aliphatic heterocycles. The Balaban J connectivity index is 2.04. The highest BCUT2D eigenvalue weighted by molar-refractivity contribution is 6.00. The standard InChI is InChI=1S/C15H21N3O3/c1-21-12-4-2-3-11(14(12)17)15(20)18-7-5-10(6-8-18)9-13(16)19/h2-4,10H,5-9,17H2,1H3,(H2,16,19). The molecule has 114 valence electrons. The Morgan fingerprint density at radius 2 is 2.00 bits per heavy atom. The molecule has 2 rings (SSSR count). The van der Waals surface area contributed by atoms with Crippen molar-refractivity contribution in [2.24, 2.45) is 11.7 Å². The van der Waals surface area contributed by atoms with E-state index in [-0.39, 0.29) is 17.7 Å². The van der Waals surface area contributed by atoms with Gasteiger partial charge in [0.05, 0.1) is 18.4 Å². The van der Waals surface area contributed by atoms with E-state index < -0.39 is 0 Å². The van der Waals surface area contributed by atoms with Crippen LogP contribution in [0.4, 0.5) is 5.69 Å². The van der Waals surface area contributed by atoms with Gasteiger partial charge < -0.3 is 21.1 Å². The zero-order valence-corrected chi connectivity index (χ0v) is 12.2. The van der Waals surface area contributed by atoms with Crippen LogP contribution in [0.15, 0.2) is 18.2 Å². The van der Waals surface area contributed by atoms with Crippen LogP contribution in [0.1, 0.15) is 29.6 Å². The second-order valence-corrected chi connectivity index (χ2v) is 5.33. The van der Waals surface area contributed by atoms with Crippen molar-refractivity contribution in [2.45, 2.75) is 19.3 Å². The zero-order chi connectivity index (χ0) is 15.4. The molecule has 6 nitrogen and oxygen atoms in total. The van der Waals surface area contributed by atoms with Gasteiger partial charge in [0.25, 0.3) is 5.91 Å². The second kappa shape index (κ2) is 6.47. The molecule has 1 aromatic rings. The number of nitrogens with two attached hydrogens (primary N) is 2. The number of rotatable bonds is 4. The molecule has 0 aromatic heterocycles. The predicted octanol–water partition coefficient (Wildman–Crippen LogP) is 1.01. The van der Waals surface area contributed by atoms with E-state index in [1.54, 1.807) is 23.1 Å². The molecule has 0 unspecified atom stereocenters. The minimum Gasteiger partial charge on any atom is -0.495 e. The zero-order valence-electron chi connectivity index (χ0n) is 12.2. The predicted molar refractivity (Wildman–Crippen MR) is 79.8 cm³/mol. The van der Waals surface area contributed by atoms with Crippen molar-refractivity contribution in [2.75, 3.05) is 25.9 Å². The van der Waals surface area contributed by atoms with Crippen LogP contribution in [0, 0.1) is 5.92 Å².